The Morgan fingerprint density at radius 2 is 1.91 bits per heavy atom. The lowest BCUT2D eigenvalue weighted by Crippen LogP contribution is -2.39. The van der Waals surface area contributed by atoms with E-state index in [1.165, 1.54) is 4.57 Å². The molecule has 0 spiro atoms. The van der Waals surface area contributed by atoms with Crippen molar-refractivity contribution in [1.29, 1.82) is 0 Å². The van der Waals surface area contributed by atoms with Gasteiger partial charge in [-0.2, -0.15) is 0 Å². The third-order valence-electron chi connectivity index (χ3n) is 6.39. The molecule has 6 rings (SSSR count). The highest BCUT2D eigenvalue weighted by Gasteiger charge is 2.27. The van der Waals surface area contributed by atoms with Crippen molar-refractivity contribution in [1.82, 2.24) is 18.9 Å². The van der Waals surface area contributed by atoms with Crippen LogP contribution in [0.1, 0.15) is 23.7 Å². The van der Waals surface area contributed by atoms with Gasteiger partial charge in [0.1, 0.15) is 5.65 Å². The van der Waals surface area contributed by atoms with E-state index in [1.54, 1.807) is 6.33 Å². The number of benzene rings is 2. The zero-order valence-corrected chi connectivity index (χ0v) is 17.4. The van der Waals surface area contributed by atoms with Gasteiger partial charge in [-0.3, -0.25) is 9.36 Å². The average molecular weight is 426 g/mol. The van der Waals surface area contributed by atoms with Gasteiger partial charge in [-0.25, -0.2) is 9.97 Å². The predicted molar refractivity (Wildman–Crippen MR) is 122 cm³/mol. The fourth-order valence-electron chi connectivity index (χ4n) is 4.72. The Hall–Kier alpha value is -3.55. The van der Waals surface area contributed by atoms with Gasteiger partial charge >= 0.3 is 0 Å². The number of hydrogen-bond acceptors (Lipinski definition) is 5. The summed E-state index contributed by atoms with van der Waals surface area (Å²) in [5.74, 6) is 0. The third-order valence-corrected chi connectivity index (χ3v) is 6.39. The summed E-state index contributed by atoms with van der Waals surface area (Å²) in [4.78, 5) is 22.7. The maximum atomic E-state index is 13.5. The molecule has 160 valence electrons. The van der Waals surface area contributed by atoms with Gasteiger partial charge in [0.05, 0.1) is 36.0 Å². The number of ether oxygens (including phenoxy) is 1. The number of nitrogens with zero attached hydrogens (tertiary/aromatic N) is 4. The van der Waals surface area contributed by atoms with Crippen LogP contribution in [0.5, 0.6) is 0 Å². The van der Waals surface area contributed by atoms with Crippen LogP contribution in [-0.2, 0) is 11.2 Å². The molecule has 0 unspecified atom stereocenters. The maximum absolute atomic E-state index is 13.5. The molecule has 32 heavy (non-hydrogen) atoms. The van der Waals surface area contributed by atoms with Gasteiger partial charge in [-0.15, -0.1) is 0 Å². The number of aliphatic hydroxyl groups excluding tert-OH is 1. The van der Waals surface area contributed by atoms with Crippen molar-refractivity contribution in [2.75, 3.05) is 13.2 Å². The van der Waals surface area contributed by atoms with Crippen molar-refractivity contribution in [3.63, 3.8) is 0 Å². The first-order valence-corrected chi connectivity index (χ1v) is 10.8. The van der Waals surface area contributed by atoms with Crippen LogP contribution in [0.25, 0.3) is 27.3 Å². The van der Waals surface area contributed by atoms with Crippen LogP contribution >= 0.6 is 0 Å². The van der Waals surface area contributed by atoms with Crippen molar-refractivity contribution < 1.29 is 9.84 Å². The van der Waals surface area contributed by atoms with Gasteiger partial charge < -0.3 is 14.2 Å². The van der Waals surface area contributed by atoms with Crippen LogP contribution in [0.4, 0.5) is 0 Å². The normalized spacial score (nSPS) is 19.2. The van der Waals surface area contributed by atoms with E-state index >= 15 is 0 Å². The van der Waals surface area contributed by atoms with E-state index in [2.05, 4.69) is 20.4 Å². The van der Waals surface area contributed by atoms with E-state index in [9.17, 15) is 9.90 Å². The summed E-state index contributed by atoms with van der Waals surface area (Å²) in [5, 5.41) is 13.0. The number of aliphatic hydroxyl groups is 1. The summed E-state index contributed by atoms with van der Waals surface area (Å²) in [5.41, 5.74) is 3.49. The van der Waals surface area contributed by atoms with E-state index in [1.807, 2.05) is 54.9 Å². The molecular formula is C25H22N4O3. The summed E-state index contributed by atoms with van der Waals surface area (Å²) in [7, 11) is 0. The Morgan fingerprint density at radius 3 is 2.78 bits per heavy atom. The first-order chi connectivity index (χ1) is 15.7. The summed E-state index contributed by atoms with van der Waals surface area (Å²) in [6.45, 7) is 0.804. The van der Waals surface area contributed by atoms with Crippen molar-refractivity contribution in [2.45, 2.75) is 25.0 Å². The summed E-state index contributed by atoms with van der Waals surface area (Å²) >= 11 is 0. The molecule has 2 aromatic carbocycles. The Balaban J connectivity index is 1.55. The lowest BCUT2D eigenvalue weighted by atomic mass is 9.97. The molecule has 7 nitrogen and oxygen atoms in total. The zero-order valence-electron chi connectivity index (χ0n) is 17.4. The fourth-order valence-corrected chi connectivity index (χ4v) is 4.72. The minimum Gasteiger partial charge on any atom is -0.391 e. The summed E-state index contributed by atoms with van der Waals surface area (Å²) < 4.78 is 9.11. The van der Waals surface area contributed by atoms with Crippen molar-refractivity contribution >= 4 is 27.3 Å². The van der Waals surface area contributed by atoms with Crippen LogP contribution < -0.4 is 5.56 Å². The lowest BCUT2D eigenvalue weighted by Gasteiger charge is -2.29. The van der Waals surface area contributed by atoms with Gasteiger partial charge in [-0.1, -0.05) is 30.3 Å². The van der Waals surface area contributed by atoms with E-state index in [-0.39, 0.29) is 5.56 Å². The number of pyridine rings is 1. The van der Waals surface area contributed by atoms with E-state index < -0.39 is 12.1 Å². The quantitative estimate of drug-likeness (QED) is 0.449. The second kappa shape index (κ2) is 7.55. The zero-order chi connectivity index (χ0) is 21.7. The molecule has 0 bridgehead atoms. The highest BCUT2D eigenvalue weighted by Crippen LogP contribution is 2.28. The Bertz CT molecular complexity index is 1520. The minimum absolute atomic E-state index is 0.158. The monoisotopic (exact) mass is 426 g/mol. The maximum Gasteiger partial charge on any atom is 0.261 e. The Morgan fingerprint density at radius 1 is 1.06 bits per heavy atom. The largest absolute Gasteiger partial charge is 0.391 e. The molecule has 0 radical (unpaired) electrons. The molecule has 4 heterocycles. The third kappa shape index (κ3) is 3.01. The van der Waals surface area contributed by atoms with Gasteiger partial charge in [0.15, 0.2) is 0 Å². The molecule has 1 aliphatic heterocycles. The van der Waals surface area contributed by atoms with Crippen LogP contribution in [0, 0.1) is 0 Å². The number of fused-ring (bicyclic) bond motifs is 4. The molecule has 0 saturated carbocycles. The van der Waals surface area contributed by atoms with E-state index in [0.717, 1.165) is 27.7 Å². The molecular weight excluding hydrogens is 404 g/mol. The SMILES string of the molecule is O=c1c2cc(Cc3cnc4ccccn34)c3ccccc3c2ncn1[C@H]1COCC[C@@H]1O. The van der Waals surface area contributed by atoms with E-state index in [4.69, 9.17) is 4.74 Å². The highest BCUT2D eigenvalue weighted by atomic mass is 16.5. The molecule has 2 atom stereocenters. The Labute approximate surface area is 183 Å². The minimum atomic E-state index is -0.626. The molecule has 0 aliphatic carbocycles. The second-order valence-electron chi connectivity index (χ2n) is 8.29. The number of imidazole rings is 1. The first kappa shape index (κ1) is 19.2. The van der Waals surface area contributed by atoms with Crippen molar-refractivity contribution in [3.8, 4) is 0 Å². The van der Waals surface area contributed by atoms with Gasteiger partial charge in [0.25, 0.3) is 5.56 Å². The van der Waals surface area contributed by atoms with Crippen LogP contribution in [0.2, 0.25) is 0 Å². The highest BCUT2D eigenvalue weighted by molar-refractivity contribution is 6.06. The molecule has 3 aromatic heterocycles. The van der Waals surface area contributed by atoms with Crippen molar-refractivity contribution in [2.24, 2.45) is 0 Å². The summed E-state index contributed by atoms with van der Waals surface area (Å²) in [6, 6.07) is 15.5. The molecule has 1 N–H and O–H groups in total. The fraction of sp³-hybridized carbons (Fsp3) is 0.240. The lowest BCUT2D eigenvalue weighted by molar-refractivity contribution is -0.0303. The smallest absolute Gasteiger partial charge is 0.261 e. The van der Waals surface area contributed by atoms with Gasteiger partial charge in [-0.05, 0) is 35.6 Å². The number of hydrogen-bond donors (Lipinski definition) is 1. The average Bonchev–Trinajstić information content (AvgIpc) is 3.23. The number of aromatic nitrogens is 4. The van der Waals surface area contributed by atoms with Crippen LogP contribution in [0.3, 0.4) is 0 Å². The number of rotatable bonds is 3. The second-order valence-corrected chi connectivity index (χ2v) is 8.29. The molecule has 1 saturated heterocycles. The molecule has 5 aromatic rings. The molecule has 1 fully saturated rings. The molecule has 1 aliphatic rings. The molecule has 7 heteroatoms. The standard InChI is InChI=1S/C25H22N4O3/c30-22-8-10-32-14-21(22)29-15-27-24-19-6-2-1-5-18(19)16(12-20(24)25(29)31)11-17-13-26-23-7-3-4-9-28(17)23/h1-7,9,12-13,15,21-22,30H,8,10-11,14H2/t21-,22-/m0/s1. The topological polar surface area (TPSA) is 81.7 Å². The first-order valence-electron chi connectivity index (χ1n) is 10.8. The molecule has 0 amide bonds. The summed E-state index contributed by atoms with van der Waals surface area (Å²) in [6.07, 6.45) is 5.94. The van der Waals surface area contributed by atoms with E-state index in [0.29, 0.717) is 37.0 Å². The van der Waals surface area contributed by atoms with Crippen LogP contribution in [0.15, 0.2) is 72.0 Å². The van der Waals surface area contributed by atoms with Crippen LogP contribution in [-0.4, -0.2) is 43.4 Å². The van der Waals surface area contributed by atoms with Crippen molar-refractivity contribution in [3.05, 3.63) is 88.9 Å². The Kier molecular flexibility index (Phi) is 4.52. The predicted octanol–water partition coefficient (Wildman–Crippen LogP) is 3.11. The van der Waals surface area contributed by atoms with Gasteiger partial charge in [0, 0.05) is 36.5 Å². The van der Waals surface area contributed by atoms with Gasteiger partial charge in [0.2, 0.25) is 0 Å².